The van der Waals surface area contributed by atoms with Crippen LogP contribution in [0.5, 0.6) is 0 Å². The summed E-state index contributed by atoms with van der Waals surface area (Å²) >= 11 is 0. The number of carbonyl (C=O) groups excluding carboxylic acids is 1. The summed E-state index contributed by atoms with van der Waals surface area (Å²) in [5.74, 6) is 0.323. The average molecular weight is 210 g/mol. The van der Waals surface area contributed by atoms with Gasteiger partial charge in [0.05, 0.1) is 0 Å². The lowest BCUT2D eigenvalue weighted by Crippen LogP contribution is -2.30. The molecule has 0 aliphatic rings. The van der Waals surface area contributed by atoms with Gasteiger partial charge in [-0.3, -0.25) is 10.1 Å². The molecule has 0 aliphatic heterocycles. The summed E-state index contributed by atoms with van der Waals surface area (Å²) < 4.78 is 0. The van der Waals surface area contributed by atoms with E-state index in [0.717, 1.165) is 12.8 Å². The topological polar surface area (TPSA) is 86.9 Å². The number of amides is 2. The molecule has 2 amide bonds. The van der Waals surface area contributed by atoms with E-state index in [-0.39, 0.29) is 11.6 Å². The highest BCUT2D eigenvalue weighted by Crippen LogP contribution is 1.94. The average Bonchev–Trinajstić information content (AvgIpc) is 2.22. The van der Waals surface area contributed by atoms with Crippen molar-refractivity contribution in [3.8, 4) is 0 Å². The second-order valence-electron chi connectivity index (χ2n) is 3.04. The van der Waals surface area contributed by atoms with E-state index in [9.17, 15) is 9.59 Å². The monoisotopic (exact) mass is 210 g/mol. The van der Waals surface area contributed by atoms with Gasteiger partial charge in [0.1, 0.15) is 0 Å². The minimum atomic E-state index is -0.317. The Kier molecular flexibility index (Phi) is 4.33. The third-order valence-electron chi connectivity index (χ3n) is 1.74. The number of hydrogen-bond acceptors (Lipinski definition) is 3. The zero-order valence-corrected chi connectivity index (χ0v) is 8.54. The molecule has 0 bridgehead atoms. The molecule has 1 aromatic rings. The third kappa shape index (κ3) is 4.26. The Morgan fingerprint density at radius 3 is 2.93 bits per heavy atom. The van der Waals surface area contributed by atoms with E-state index < -0.39 is 0 Å². The van der Waals surface area contributed by atoms with Crippen LogP contribution in [-0.4, -0.2) is 22.8 Å². The molecule has 0 saturated carbocycles. The van der Waals surface area contributed by atoms with E-state index in [4.69, 9.17) is 0 Å². The van der Waals surface area contributed by atoms with Gasteiger partial charge in [0, 0.05) is 12.6 Å². The molecule has 15 heavy (non-hydrogen) atoms. The Balaban J connectivity index is 2.37. The fourth-order valence-corrected chi connectivity index (χ4v) is 0.953. The smallest absolute Gasteiger partial charge is 0.320 e. The molecule has 82 valence electrons. The van der Waals surface area contributed by atoms with Gasteiger partial charge in [0.25, 0.3) is 5.56 Å². The van der Waals surface area contributed by atoms with Crippen molar-refractivity contribution in [3.05, 3.63) is 22.5 Å². The second-order valence-corrected chi connectivity index (χ2v) is 3.04. The van der Waals surface area contributed by atoms with Crippen molar-refractivity contribution in [1.29, 1.82) is 0 Å². The van der Waals surface area contributed by atoms with Crippen LogP contribution < -0.4 is 16.2 Å². The summed E-state index contributed by atoms with van der Waals surface area (Å²) in [5.41, 5.74) is -0.299. The number of H-pyrrole nitrogens is 1. The van der Waals surface area contributed by atoms with Gasteiger partial charge in [-0.05, 0) is 12.5 Å². The van der Waals surface area contributed by atoms with Crippen LogP contribution >= 0.6 is 0 Å². The standard InChI is InChI=1S/C9H14N4O2/c1-2-3-6-10-9(15)11-7-4-5-8(14)13-12-7/h4-5H,2-3,6H2,1H3,(H,13,14)(H2,10,11,12,15). The van der Waals surface area contributed by atoms with Gasteiger partial charge >= 0.3 is 6.03 Å². The highest BCUT2D eigenvalue weighted by Gasteiger charge is 2.00. The summed E-state index contributed by atoms with van der Waals surface area (Å²) in [5, 5.41) is 11.0. The quantitative estimate of drug-likeness (QED) is 0.639. The molecule has 3 N–H and O–H groups in total. The molecule has 0 aliphatic carbocycles. The molecule has 0 aromatic carbocycles. The molecule has 6 nitrogen and oxygen atoms in total. The minimum absolute atomic E-state index is 0.299. The molecule has 0 saturated heterocycles. The van der Waals surface area contributed by atoms with Crippen LogP contribution in [0.1, 0.15) is 19.8 Å². The Labute approximate surface area is 87.1 Å². The number of unbranched alkanes of at least 4 members (excludes halogenated alkanes) is 1. The molecule has 6 heteroatoms. The van der Waals surface area contributed by atoms with Crippen LogP contribution in [0.4, 0.5) is 10.6 Å². The first-order chi connectivity index (χ1) is 7.22. The number of nitrogens with zero attached hydrogens (tertiary/aromatic N) is 1. The lowest BCUT2D eigenvalue weighted by Gasteiger charge is -2.05. The van der Waals surface area contributed by atoms with Gasteiger partial charge in [0.2, 0.25) is 0 Å². The number of anilines is 1. The highest BCUT2D eigenvalue weighted by atomic mass is 16.2. The van der Waals surface area contributed by atoms with Crippen LogP contribution in [0.25, 0.3) is 0 Å². The van der Waals surface area contributed by atoms with Crippen LogP contribution in [-0.2, 0) is 0 Å². The third-order valence-corrected chi connectivity index (χ3v) is 1.74. The molecule has 1 heterocycles. The normalized spacial score (nSPS) is 9.67. The van der Waals surface area contributed by atoms with E-state index in [2.05, 4.69) is 20.8 Å². The SMILES string of the molecule is CCCCNC(=O)Nc1ccc(=O)[nH]n1. The van der Waals surface area contributed by atoms with Gasteiger partial charge in [-0.25, -0.2) is 9.89 Å². The summed E-state index contributed by atoms with van der Waals surface area (Å²) in [6, 6.07) is 2.43. The number of aromatic amines is 1. The van der Waals surface area contributed by atoms with E-state index in [1.807, 2.05) is 6.92 Å². The van der Waals surface area contributed by atoms with Crippen LogP contribution in [0.2, 0.25) is 0 Å². The molecular weight excluding hydrogens is 196 g/mol. The molecule has 0 unspecified atom stereocenters. The summed E-state index contributed by atoms with van der Waals surface area (Å²) in [6.45, 7) is 2.68. The lowest BCUT2D eigenvalue weighted by molar-refractivity contribution is 0.252. The van der Waals surface area contributed by atoms with Crippen molar-refractivity contribution in [3.63, 3.8) is 0 Å². The molecule has 1 aromatic heterocycles. The Bertz CT molecular complexity index is 354. The Morgan fingerprint density at radius 2 is 2.33 bits per heavy atom. The number of urea groups is 1. The van der Waals surface area contributed by atoms with Gasteiger partial charge in [0.15, 0.2) is 5.82 Å². The van der Waals surface area contributed by atoms with Gasteiger partial charge < -0.3 is 5.32 Å². The largest absolute Gasteiger partial charge is 0.338 e. The molecule has 0 fully saturated rings. The summed E-state index contributed by atoms with van der Waals surface area (Å²) in [4.78, 5) is 21.9. The maximum Gasteiger partial charge on any atom is 0.320 e. The lowest BCUT2D eigenvalue weighted by atomic mass is 10.3. The maximum absolute atomic E-state index is 11.2. The predicted molar refractivity (Wildman–Crippen MR) is 56.8 cm³/mol. The van der Waals surface area contributed by atoms with E-state index in [1.54, 1.807) is 0 Å². The number of nitrogens with one attached hydrogen (secondary N) is 3. The fourth-order valence-electron chi connectivity index (χ4n) is 0.953. The van der Waals surface area contributed by atoms with Crippen molar-refractivity contribution in [2.45, 2.75) is 19.8 Å². The number of rotatable bonds is 4. The maximum atomic E-state index is 11.2. The van der Waals surface area contributed by atoms with E-state index in [0.29, 0.717) is 12.4 Å². The van der Waals surface area contributed by atoms with Crippen molar-refractivity contribution in [1.82, 2.24) is 15.5 Å². The van der Waals surface area contributed by atoms with Crippen LogP contribution in [0, 0.1) is 0 Å². The zero-order chi connectivity index (χ0) is 11.1. The number of aromatic nitrogens is 2. The Hall–Kier alpha value is -1.85. The first-order valence-electron chi connectivity index (χ1n) is 4.83. The number of carbonyl (C=O) groups is 1. The first-order valence-corrected chi connectivity index (χ1v) is 4.83. The molecule has 0 spiro atoms. The van der Waals surface area contributed by atoms with Gasteiger partial charge in [-0.1, -0.05) is 13.3 Å². The second kappa shape index (κ2) is 5.79. The van der Waals surface area contributed by atoms with Crippen molar-refractivity contribution in [2.75, 3.05) is 11.9 Å². The van der Waals surface area contributed by atoms with Crippen molar-refractivity contribution >= 4 is 11.8 Å². The number of hydrogen-bond donors (Lipinski definition) is 3. The highest BCUT2D eigenvalue weighted by molar-refractivity contribution is 5.87. The minimum Gasteiger partial charge on any atom is -0.338 e. The van der Waals surface area contributed by atoms with Gasteiger partial charge in [-0.2, -0.15) is 5.10 Å². The van der Waals surface area contributed by atoms with Crippen LogP contribution in [0.3, 0.4) is 0 Å². The molecule has 0 radical (unpaired) electrons. The predicted octanol–water partition coefficient (Wildman–Crippen LogP) is 0.692. The summed E-state index contributed by atoms with van der Waals surface area (Å²) in [6.07, 6.45) is 1.96. The van der Waals surface area contributed by atoms with E-state index in [1.165, 1.54) is 12.1 Å². The molecular formula is C9H14N4O2. The van der Waals surface area contributed by atoms with Crippen LogP contribution in [0.15, 0.2) is 16.9 Å². The molecule has 0 atom stereocenters. The van der Waals surface area contributed by atoms with Gasteiger partial charge in [-0.15, -0.1) is 0 Å². The Morgan fingerprint density at radius 1 is 1.53 bits per heavy atom. The summed E-state index contributed by atoms with van der Waals surface area (Å²) in [7, 11) is 0. The van der Waals surface area contributed by atoms with E-state index >= 15 is 0 Å². The fraction of sp³-hybridized carbons (Fsp3) is 0.444. The van der Waals surface area contributed by atoms with Crippen molar-refractivity contribution in [2.24, 2.45) is 0 Å². The van der Waals surface area contributed by atoms with Crippen molar-refractivity contribution < 1.29 is 4.79 Å². The molecule has 1 rings (SSSR count). The first kappa shape index (κ1) is 11.2. The zero-order valence-electron chi connectivity index (χ0n) is 8.54.